The summed E-state index contributed by atoms with van der Waals surface area (Å²) in [6.07, 6.45) is 2.75. The second kappa shape index (κ2) is 11.1. The van der Waals surface area contributed by atoms with E-state index in [1.807, 2.05) is 38.1 Å². The molecular weight excluding hydrogens is 486 g/mol. The highest BCUT2D eigenvalue weighted by atomic mass is 35.5. The van der Waals surface area contributed by atoms with Crippen molar-refractivity contribution in [1.29, 1.82) is 0 Å². The predicted octanol–water partition coefficient (Wildman–Crippen LogP) is 5.21. The molecule has 0 unspecified atom stereocenters. The summed E-state index contributed by atoms with van der Waals surface area (Å²) in [5, 5.41) is 3.93. The number of aromatic nitrogens is 4. The molecule has 1 N–H and O–H groups in total. The highest BCUT2D eigenvalue weighted by molar-refractivity contribution is 6.31. The van der Waals surface area contributed by atoms with E-state index in [-0.39, 0.29) is 17.9 Å². The SMILES string of the molecule is COc1ccc(COc2cc(OC(C)C)c3c(Nc4nc(OC)cnc4Cl)ncnc3c2)c(OC)c1. The van der Waals surface area contributed by atoms with Crippen LogP contribution in [0.5, 0.6) is 28.9 Å². The summed E-state index contributed by atoms with van der Waals surface area (Å²) in [6.45, 7) is 4.14. The Bertz CT molecular complexity index is 1370. The molecule has 0 aliphatic heterocycles. The van der Waals surface area contributed by atoms with E-state index in [2.05, 4.69) is 25.3 Å². The third-order valence-corrected chi connectivity index (χ3v) is 5.35. The number of methoxy groups -OCH3 is 3. The van der Waals surface area contributed by atoms with Crippen LogP contribution in [0.25, 0.3) is 10.9 Å². The first-order valence-electron chi connectivity index (χ1n) is 11.0. The van der Waals surface area contributed by atoms with Gasteiger partial charge >= 0.3 is 0 Å². The fraction of sp³-hybridized carbons (Fsp3) is 0.280. The lowest BCUT2D eigenvalue weighted by Gasteiger charge is -2.17. The van der Waals surface area contributed by atoms with Gasteiger partial charge in [0.05, 0.1) is 44.5 Å². The number of benzene rings is 2. The molecule has 0 spiro atoms. The average molecular weight is 512 g/mol. The Labute approximate surface area is 213 Å². The second-order valence-electron chi connectivity index (χ2n) is 7.85. The van der Waals surface area contributed by atoms with Gasteiger partial charge in [-0.25, -0.2) is 15.0 Å². The van der Waals surface area contributed by atoms with Gasteiger partial charge in [-0.1, -0.05) is 11.6 Å². The Morgan fingerprint density at radius 2 is 1.69 bits per heavy atom. The van der Waals surface area contributed by atoms with Crippen molar-refractivity contribution in [3.63, 3.8) is 0 Å². The number of nitrogens with one attached hydrogen (secondary N) is 1. The smallest absolute Gasteiger partial charge is 0.234 e. The Hall–Kier alpha value is -4.05. The van der Waals surface area contributed by atoms with E-state index in [1.165, 1.54) is 19.6 Å². The fourth-order valence-electron chi connectivity index (χ4n) is 3.43. The molecule has 4 rings (SSSR count). The summed E-state index contributed by atoms with van der Waals surface area (Å²) >= 11 is 6.24. The molecule has 0 fully saturated rings. The Morgan fingerprint density at radius 1 is 0.889 bits per heavy atom. The van der Waals surface area contributed by atoms with Crippen molar-refractivity contribution < 1.29 is 23.7 Å². The van der Waals surface area contributed by atoms with Crippen molar-refractivity contribution >= 4 is 34.1 Å². The van der Waals surface area contributed by atoms with Gasteiger partial charge in [0.1, 0.15) is 41.8 Å². The number of halogens is 1. The molecule has 2 heterocycles. The third kappa shape index (κ3) is 5.60. The van der Waals surface area contributed by atoms with Crippen LogP contribution in [0.4, 0.5) is 11.6 Å². The number of nitrogens with zero attached hydrogens (tertiary/aromatic N) is 4. The predicted molar refractivity (Wildman–Crippen MR) is 136 cm³/mol. The van der Waals surface area contributed by atoms with Gasteiger partial charge in [0.15, 0.2) is 11.0 Å². The molecule has 0 aliphatic rings. The molecule has 10 nitrogen and oxygen atoms in total. The molecule has 0 atom stereocenters. The monoisotopic (exact) mass is 511 g/mol. The summed E-state index contributed by atoms with van der Waals surface area (Å²) in [5.41, 5.74) is 1.47. The standard InChI is InChI=1S/C25H26ClN5O5/c1-14(2)36-20-10-17(35-12-15-6-7-16(32-3)9-19(15)33-4)8-18-22(20)24(29-13-28-18)31-25-23(26)27-11-21(30-25)34-5/h6-11,13-14H,12H2,1-5H3,(H,28,29,30,31). The van der Waals surface area contributed by atoms with Crippen LogP contribution >= 0.6 is 11.6 Å². The normalized spacial score (nSPS) is 10.9. The van der Waals surface area contributed by atoms with Crippen LogP contribution in [0.1, 0.15) is 19.4 Å². The van der Waals surface area contributed by atoms with E-state index in [0.29, 0.717) is 51.4 Å². The van der Waals surface area contributed by atoms with E-state index in [0.717, 1.165) is 5.56 Å². The molecular formula is C25H26ClN5O5. The number of ether oxygens (including phenoxy) is 5. The zero-order valence-corrected chi connectivity index (χ0v) is 21.3. The number of anilines is 2. The highest BCUT2D eigenvalue weighted by Crippen LogP contribution is 2.37. The summed E-state index contributed by atoms with van der Waals surface area (Å²) < 4.78 is 28.1. The molecule has 0 amide bonds. The van der Waals surface area contributed by atoms with E-state index in [1.54, 1.807) is 20.3 Å². The molecule has 11 heteroatoms. The van der Waals surface area contributed by atoms with Crippen LogP contribution in [0, 0.1) is 0 Å². The first-order valence-corrected chi connectivity index (χ1v) is 11.4. The van der Waals surface area contributed by atoms with Crippen LogP contribution in [0.3, 0.4) is 0 Å². The third-order valence-electron chi connectivity index (χ3n) is 5.08. The molecule has 0 aliphatic carbocycles. The fourth-order valence-corrected chi connectivity index (χ4v) is 3.57. The highest BCUT2D eigenvalue weighted by Gasteiger charge is 2.17. The van der Waals surface area contributed by atoms with E-state index in [4.69, 9.17) is 35.3 Å². The number of hydrogen-bond acceptors (Lipinski definition) is 10. The lowest BCUT2D eigenvalue weighted by molar-refractivity contribution is 0.242. The molecule has 0 saturated heterocycles. The largest absolute Gasteiger partial charge is 0.497 e. The van der Waals surface area contributed by atoms with E-state index in [9.17, 15) is 0 Å². The maximum atomic E-state index is 6.24. The molecule has 36 heavy (non-hydrogen) atoms. The van der Waals surface area contributed by atoms with Crippen molar-refractivity contribution in [3.05, 3.63) is 53.6 Å². The maximum absolute atomic E-state index is 6.24. The number of rotatable bonds is 10. The van der Waals surface area contributed by atoms with Gasteiger partial charge in [0.2, 0.25) is 5.88 Å². The summed E-state index contributed by atoms with van der Waals surface area (Å²) in [5.74, 6) is 3.52. The zero-order chi connectivity index (χ0) is 25.7. The van der Waals surface area contributed by atoms with Gasteiger partial charge in [-0.15, -0.1) is 0 Å². The summed E-state index contributed by atoms with van der Waals surface area (Å²) in [6, 6.07) is 9.17. The lowest BCUT2D eigenvalue weighted by Crippen LogP contribution is -2.08. The second-order valence-corrected chi connectivity index (χ2v) is 8.21. The molecule has 2 aromatic heterocycles. The van der Waals surface area contributed by atoms with Crippen LogP contribution < -0.4 is 29.0 Å². The minimum absolute atomic E-state index is 0.113. The van der Waals surface area contributed by atoms with Crippen molar-refractivity contribution in [3.8, 4) is 28.9 Å². The lowest BCUT2D eigenvalue weighted by atomic mass is 10.2. The number of hydrogen-bond donors (Lipinski definition) is 1. The Balaban J connectivity index is 1.70. The Kier molecular flexibility index (Phi) is 7.74. The molecule has 2 aromatic carbocycles. The van der Waals surface area contributed by atoms with Crippen LogP contribution in [-0.2, 0) is 6.61 Å². The van der Waals surface area contributed by atoms with E-state index >= 15 is 0 Å². The first-order chi connectivity index (χ1) is 17.4. The van der Waals surface area contributed by atoms with Crippen molar-refractivity contribution in [2.75, 3.05) is 26.6 Å². The minimum Gasteiger partial charge on any atom is -0.497 e. The van der Waals surface area contributed by atoms with Gasteiger partial charge < -0.3 is 29.0 Å². The first kappa shape index (κ1) is 25.1. The van der Waals surface area contributed by atoms with Crippen LogP contribution in [0.15, 0.2) is 42.9 Å². The maximum Gasteiger partial charge on any atom is 0.234 e. The zero-order valence-electron chi connectivity index (χ0n) is 20.5. The minimum atomic E-state index is -0.113. The van der Waals surface area contributed by atoms with E-state index < -0.39 is 0 Å². The number of fused-ring (bicyclic) bond motifs is 1. The van der Waals surface area contributed by atoms with Crippen molar-refractivity contribution in [1.82, 2.24) is 19.9 Å². The molecule has 0 radical (unpaired) electrons. The van der Waals surface area contributed by atoms with Crippen molar-refractivity contribution in [2.24, 2.45) is 0 Å². The quantitative estimate of drug-likeness (QED) is 0.304. The average Bonchev–Trinajstić information content (AvgIpc) is 2.88. The van der Waals surface area contributed by atoms with Gasteiger partial charge in [-0.2, -0.15) is 4.98 Å². The topological polar surface area (TPSA) is 110 Å². The van der Waals surface area contributed by atoms with Gasteiger partial charge in [-0.3, -0.25) is 0 Å². The van der Waals surface area contributed by atoms with Gasteiger partial charge in [0.25, 0.3) is 0 Å². The molecule has 4 aromatic rings. The van der Waals surface area contributed by atoms with Gasteiger partial charge in [0, 0.05) is 23.8 Å². The van der Waals surface area contributed by atoms with Gasteiger partial charge in [-0.05, 0) is 26.0 Å². The molecule has 188 valence electrons. The Morgan fingerprint density at radius 3 is 2.42 bits per heavy atom. The van der Waals surface area contributed by atoms with Crippen LogP contribution in [0.2, 0.25) is 5.15 Å². The molecule has 0 bridgehead atoms. The van der Waals surface area contributed by atoms with Crippen molar-refractivity contribution in [2.45, 2.75) is 26.6 Å². The molecule has 0 saturated carbocycles. The summed E-state index contributed by atoms with van der Waals surface area (Å²) in [4.78, 5) is 17.2. The van der Waals surface area contributed by atoms with Crippen LogP contribution in [-0.4, -0.2) is 47.4 Å². The summed E-state index contributed by atoms with van der Waals surface area (Å²) in [7, 11) is 4.71.